The molecule has 0 unspecified atom stereocenters. The van der Waals surface area contributed by atoms with Crippen LogP contribution in [-0.4, -0.2) is 110 Å². The van der Waals surface area contributed by atoms with Gasteiger partial charge in [0.25, 0.3) is 11.8 Å². The first-order valence-electron chi connectivity index (χ1n) is 10.1. The van der Waals surface area contributed by atoms with E-state index in [0.717, 1.165) is 11.0 Å². The number of primary amides is 2. The van der Waals surface area contributed by atoms with Gasteiger partial charge in [0.2, 0.25) is 11.6 Å². The third-order valence-corrected chi connectivity index (χ3v) is 5.24. The van der Waals surface area contributed by atoms with Gasteiger partial charge in [-0.05, 0) is 6.42 Å². The topological polar surface area (TPSA) is 267 Å². The lowest BCUT2D eigenvalue weighted by atomic mass is 10.1. The van der Waals surface area contributed by atoms with Gasteiger partial charge in [-0.25, -0.2) is 19.3 Å². The Labute approximate surface area is 191 Å². The van der Waals surface area contributed by atoms with E-state index in [9.17, 15) is 30.0 Å². The smallest absolute Gasteiger partial charge is 0.288 e. The summed E-state index contributed by atoms with van der Waals surface area (Å²) in [5.41, 5.74) is 9.98. The van der Waals surface area contributed by atoms with E-state index in [1.54, 1.807) is 0 Å². The van der Waals surface area contributed by atoms with Gasteiger partial charge in [-0.15, -0.1) is 10.2 Å². The van der Waals surface area contributed by atoms with Crippen molar-refractivity contribution < 1.29 is 44.6 Å². The molecule has 2 amide bonds. The number of ether oxygens (including phenoxy) is 2. The highest BCUT2D eigenvalue weighted by Gasteiger charge is 2.44. The Morgan fingerprint density at radius 3 is 1.56 bits per heavy atom. The monoisotopic (exact) mass is 486 g/mol. The molecule has 0 radical (unpaired) electrons. The average Bonchev–Trinajstić information content (AvgIpc) is 3.58. The molecule has 4 rings (SSSR count). The lowest BCUT2D eigenvalue weighted by molar-refractivity contribution is -0.0588. The zero-order valence-electron chi connectivity index (χ0n) is 17.9. The molecule has 188 valence electrons. The predicted octanol–water partition coefficient (Wildman–Crippen LogP) is -4.61. The Balaban J connectivity index is 0.000000191. The minimum atomic E-state index is -1.27. The van der Waals surface area contributed by atoms with Crippen molar-refractivity contribution in [2.24, 2.45) is 11.5 Å². The minimum absolute atomic E-state index is 0.157. The number of nitrogens with two attached hydrogens (primary N) is 2. The van der Waals surface area contributed by atoms with E-state index in [-0.39, 0.29) is 11.6 Å². The van der Waals surface area contributed by atoms with E-state index in [2.05, 4.69) is 20.2 Å². The van der Waals surface area contributed by atoms with Crippen LogP contribution < -0.4 is 11.5 Å². The fraction of sp³-hybridized carbons (Fsp3) is 0.647. The van der Waals surface area contributed by atoms with Crippen molar-refractivity contribution in [1.29, 1.82) is 0 Å². The molecule has 2 aliphatic heterocycles. The molecule has 0 aliphatic carbocycles. The molecule has 0 saturated carbocycles. The molecule has 2 aliphatic rings. The van der Waals surface area contributed by atoms with Crippen LogP contribution in [0, 0.1) is 0 Å². The van der Waals surface area contributed by atoms with E-state index in [1.807, 2.05) is 6.92 Å². The lowest BCUT2D eigenvalue weighted by Crippen LogP contribution is -2.33. The molecule has 0 bridgehead atoms. The van der Waals surface area contributed by atoms with Gasteiger partial charge in [0.1, 0.15) is 43.2 Å². The number of aliphatic hydroxyl groups is 5. The summed E-state index contributed by atoms with van der Waals surface area (Å²) in [7, 11) is 0. The van der Waals surface area contributed by atoms with E-state index in [4.69, 9.17) is 26.0 Å². The van der Waals surface area contributed by atoms with Crippen LogP contribution in [0.5, 0.6) is 0 Å². The fourth-order valence-electron chi connectivity index (χ4n) is 3.40. The summed E-state index contributed by atoms with van der Waals surface area (Å²) in [5.74, 6) is -1.95. The largest absolute Gasteiger partial charge is 0.394 e. The summed E-state index contributed by atoms with van der Waals surface area (Å²) in [6.07, 6.45) is -4.87. The van der Waals surface area contributed by atoms with Crippen molar-refractivity contribution in [3.63, 3.8) is 0 Å². The number of hydrogen-bond acceptors (Lipinski definition) is 13. The maximum atomic E-state index is 10.8. The summed E-state index contributed by atoms with van der Waals surface area (Å²) in [6.45, 7) is 1.39. The van der Waals surface area contributed by atoms with E-state index in [0.29, 0.717) is 6.42 Å². The molecule has 17 heteroatoms. The molecule has 8 atom stereocenters. The van der Waals surface area contributed by atoms with Crippen molar-refractivity contribution in [2.45, 2.75) is 62.4 Å². The zero-order chi connectivity index (χ0) is 25.2. The van der Waals surface area contributed by atoms with Gasteiger partial charge in [-0.3, -0.25) is 9.59 Å². The van der Waals surface area contributed by atoms with E-state index >= 15 is 0 Å². The second-order valence-electron chi connectivity index (χ2n) is 7.51. The van der Waals surface area contributed by atoms with Crippen LogP contribution >= 0.6 is 0 Å². The second kappa shape index (κ2) is 10.5. The fourth-order valence-corrected chi connectivity index (χ4v) is 3.40. The maximum Gasteiger partial charge on any atom is 0.288 e. The van der Waals surface area contributed by atoms with Crippen LogP contribution in [-0.2, 0) is 9.47 Å². The molecule has 0 aromatic carbocycles. The minimum Gasteiger partial charge on any atom is -0.394 e. The lowest BCUT2D eigenvalue weighted by Gasteiger charge is -2.13. The number of carbonyl (C=O) groups is 2. The average molecular weight is 486 g/mol. The number of aromatic nitrogens is 6. The Bertz CT molecular complexity index is 921. The van der Waals surface area contributed by atoms with Crippen LogP contribution in [0.3, 0.4) is 0 Å². The quantitative estimate of drug-likeness (QED) is 0.203. The van der Waals surface area contributed by atoms with E-state index in [1.165, 1.54) is 11.0 Å². The van der Waals surface area contributed by atoms with Gasteiger partial charge < -0.3 is 46.5 Å². The Hall–Kier alpha value is -3.06. The normalized spacial score (nSPS) is 32.9. The Morgan fingerprint density at radius 2 is 1.26 bits per heavy atom. The molecular formula is C17H26N8O9. The number of aliphatic hydroxyl groups excluding tert-OH is 5. The molecular weight excluding hydrogens is 460 g/mol. The summed E-state index contributed by atoms with van der Waals surface area (Å²) < 4.78 is 12.9. The molecule has 4 heterocycles. The molecule has 2 fully saturated rings. The SMILES string of the molecule is CC[C@H]1O[C@@H](n2cnc(C(N)=O)n2)[C@H](O)[C@@H]1O.NC(=O)c1ncn([C@@H]2O[C@H](CO)[C@@H](O)[C@H]2O)n1. The van der Waals surface area contributed by atoms with Gasteiger partial charge in [0.05, 0.1) is 12.7 Å². The van der Waals surface area contributed by atoms with Crippen molar-refractivity contribution in [2.75, 3.05) is 6.61 Å². The van der Waals surface area contributed by atoms with Crippen molar-refractivity contribution in [3.8, 4) is 0 Å². The standard InChI is InChI=1S/C9H14N4O4.C8H12N4O5/c1-2-4-5(14)6(15)9(17-4)13-3-11-8(12-13)7(10)16;9-6(16)7-10-2-12(11-7)8-5(15)4(14)3(1-13)17-8/h3-6,9,14-15H,2H2,1H3,(H2,10,16);2-5,8,13-15H,1H2,(H2,9,16)/t4-,5-,6-,9-;3-,4-,5-,8-/m11/s1. The third kappa shape index (κ3) is 5.04. The number of rotatable bonds is 6. The van der Waals surface area contributed by atoms with Crippen molar-refractivity contribution >= 4 is 11.8 Å². The molecule has 2 aromatic heterocycles. The number of carbonyl (C=O) groups excluding carboxylic acids is 2. The number of amides is 2. The summed E-state index contributed by atoms with van der Waals surface area (Å²) in [6, 6.07) is 0. The van der Waals surface area contributed by atoms with Crippen molar-refractivity contribution in [1.82, 2.24) is 29.5 Å². The van der Waals surface area contributed by atoms with Crippen LogP contribution in [0.15, 0.2) is 12.7 Å². The number of nitrogens with zero attached hydrogens (tertiary/aromatic N) is 6. The van der Waals surface area contributed by atoms with Gasteiger partial charge >= 0.3 is 0 Å². The molecule has 2 saturated heterocycles. The van der Waals surface area contributed by atoms with Crippen LogP contribution in [0.4, 0.5) is 0 Å². The highest BCUT2D eigenvalue weighted by molar-refractivity contribution is 5.88. The third-order valence-electron chi connectivity index (χ3n) is 5.24. The molecule has 9 N–H and O–H groups in total. The van der Waals surface area contributed by atoms with Gasteiger partial charge in [-0.2, -0.15) is 0 Å². The Kier molecular flexibility index (Phi) is 7.87. The summed E-state index contributed by atoms with van der Waals surface area (Å²) in [4.78, 5) is 28.9. The van der Waals surface area contributed by atoms with E-state index < -0.39 is 67.5 Å². The first kappa shape index (κ1) is 25.6. The summed E-state index contributed by atoms with van der Waals surface area (Å²) in [5, 5.41) is 55.0. The second-order valence-corrected chi connectivity index (χ2v) is 7.51. The first-order valence-corrected chi connectivity index (χ1v) is 10.1. The molecule has 34 heavy (non-hydrogen) atoms. The number of hydrogen-bond donors (Lipinski definition) is 7. The van der Waals surface area contributed by atoms with Crippen molar-refractivity contribution in [3.05, 3.63) is 24.3 Å². The van der Waals surface area contributed by atoms with Gasteiger partial charge in [0, 0.05) is 0 Å². The van der Waals surface area contributed by atoms with Gasteiger partial charge in [0.15, 0.2) is 12.5 Å². The van der Waals surface area contributed by atoms with Crippen LogP contribution in [0.1, 0.15) is 47.0 Å². The van der Waals surface area contributed by atoms with Gasteiger partial charge in [-0.1, -0.05) is 6.92 Å². The molecule has 0 spiro atoms. The molecule has 17 nitrogen and oxygen atoms in total. The van der Waals surface area contributed by atoms with Crippen LogP contribution in [0.25, 0.3) is 0 Å². The Morgan fingerprint density at radius 1 is 0.853 bits per heavy atom. The molecule has 2 aromatic rings. The highest BCUT2D eigenvalue weighted by Crippen LogP contribution is 2.30. The highest BCUT2D eigenvalue weighted by atomic mass is 16.6. The summed E-state index contributed by atoms with van der Waals surface area (Å²) >= 11 is 0. The zero-order valence-corrected chi connectivity index (χ0v) is 17.9. The van der Waals surface area contributed by atoms with Crippen LogP contribution in [0.2, 0.25) is 0 Å². The first-order chi connectivity index (χ1) is 16.1. The predicted molar refractivity (Wildman–Crippen MR) is 106 cm³/mol. The maximum absolute atomic E-state index is 10.8.